The van der Waals surface area contributed by atoms with Crippen LogP contribution in [0.15, 0.2) is 30.3 Å². The largest absolute Gasteiger partial charge is 0.450 e. The van der Waals surface area contributed by atoms with E-state index in [2.05, 4.69) is 5.32 Å². The molecule has 0 saturated carbocycles. The Kier molecular flexibility index (Phi) is 6.05. The Labute approximate surface area is 169 Å². The van der Waals surface area contributed by atoms with Gasteiger partial charge in [-0.1, -0.05) is 37.3 Å². The zero-order valence-electron chi connectivity index (χ0n) is 16.7. The summed E-state index contributed by atoms with van der Waals surface area (Å²) in [4.78, 5) is 54.2. The summed E-state index contributed by atoms with van der Waals surface area (Å²) in [6.07, 6.45) is -0.0194. The number of carbonyl (C=O) groups is 4. The highest BCUT2D eigenvalue weighted by Gasteiger charge is 2.51. The lowest BCUT2D eigenvalue weighted by atomic mass is 9.87. The Balaban J connectivity index is 1.65. The number of ether oxygens (including phenoxy) is 1. The number of urea groups is 1. The van der Waals surface area contributed by atoms with Crippen LogP contribution in [-0.2, 0) is 19.9 Å². The van der Waals surface area contributed by atoms with E-state index in [1.165, 1.54) is 0 Å². The molecule has 2 aliphatic heterocycles. The predicted molar refractivity (Wildman–Crippen MR) is 104 cm³/mol. The molecule has 1 atom stereocenters. The second-order valence-electron chi connectivity index (χ2n) is 7.01. The fourth-order valence-electron chi connectivity index (χ4n) is 3.72. The first kappa shape index (κ1) is 20.6. The number of rotatable bonds is 5. The van der Waals surface area contributed by atoms with Gasteiger partial charge in [0.15, 0.2) is 0 Å². The molecular formula is C20H26N4O5. The summed E-state index contributed by atoms with van der Waals surface area (Å²) in [6.45, 7) is 4.91. The van der Waals surface area contributed by atoms with Crippen LogP contribution in [0.1, 0.15) is 25.8 Å². The highest BCUT2D eigenvalue weighted by atomic mass is 16.6. The highest BCUT2D eigenvalue weighted by molar-refractivity contribution is 6.09. The average Bonchev–Trinajstić information content (AvgIpc) is 2.99. The molecule has 0 bridgehead atoms. The van der Waals surface area contributed by atoms with Crippen molar-refractivity contribution in [2.24, 2.45) is 0 Å². The molecule has 9 nitrogen and oxygen atoms in total. The zero-order chi connectivity index (χ0) is 21.0. The Morgan fingerprint density at radius 3 is 2.24 bits per heavy atom. The van der Waals surface area contributed by atoms with Crippen LogP contribution < -0.4 is 5.32 Å². The molecule has 1 aromatic carbocycles. The first-order valence-electron chi connectivity index (χ1n) is 9.82. The second-order valence-corrected chi connectivity index (χ2v) is 7.01. The van der Waals surface area contributed by atoms with Gasteiger partial charge < -0.3 is 19.9 Å². The summed E-state index contributed by atoms with van der Waals surface area (Å²) in [7, 11) is 0. The van der Waals surface area contributed by atoms with Gasteiger partial charge in [0, 0.05) is 26.2 Å². The number of imide groups is 1. The highest BCUT2D eigenvalue weighted by Crippen LogP contribution is 2.32. The third-order valence-corrected chi connectivity index (χ3v) is 5.42. The maximum absolute atomic E-state index is 13.1. The number of benzene rings is 1. The summed E-state index contributed by atoms with van der Waals surface area (Å²) in [5.74, 6) is -0.744. The Bertz CT molecular complexity index is 791. The van der Waals surface area contributed by atoms with Crippen LogP contribution in [0.4, 0.5) is 9.59 Å². The molecule has 9 heteroatoms. The molecule has 0 radical (unpaired) electrons. The minimum Gasteiger partial charge on any atom is -0.450 e. The van der Waals surface area contributed by atoms with Crippen molar-refractivity contribution >= 4 is 23.9 Å². The summed E-state index contributed by atoms with van der Waals surface area (Å²) >= 11 is 0. The van der Waals surface area contributed by atoms with Gasteiger partial charge in [-0.25, -0.2) is 9.59 Å². The fourth-order valence-corrected chi connectivity index (χ4v) is 3.72. The van der Waals surface area contributed by atoms with Gasteiger partial charge >= 0.3 is 12.1 Å². The van der Waals surface area contributed by atoms with Crippen LogP contribution in [0.2, 0.25) is 0 Å². The van der Waals surface area contributed by atoms with Crippen molar-refractivity contribution in [3.05, 3.63) is 35.9 Å². The van der Waals surface area contributed by atoms with Gasteiger partial charge in [-0.05, 0) is 18.9 Å². The van der Waals surface area contributed by atoms with Gasteiger partial charge in [-0.15, -0.1) is 0 Å². The van der Waals surface area contributed by atoms with Gasteiger partial charge in [-0.3, -0.25) is 14.5 Å². The fraction of sp³-hybridized carbons (Fsp3) is 0.500. The SMILES string of the molecule is CCOC(=O)N1CCN(C(=O)CN2C(=O)NC(CC)(c3ccccc3)C2=O)CC1. The van der Waals surface area contributed by atoms with Crippen LogP contribution in [0.25, 0.3) is 0 Å². The van der Waals surface area contributed by atoms with Gasteiger partial charge in [0.1, 0.15) is 12.1 Å². The predicted octanol–water partition coefficient (Wildman–Crippen LogP) is 1.14. The molecule has 2 saturated heterocycles. The number of amides is 5. The lowest BCUT2D eigenvalue weighted by Gasteiger charge is -2.34. The number of carbonyl (C=O) groups excluding carboxylic acids is 4. The third kappa shape index (κ3) is 3.90. The van der Waals surface area contributed by atoms with E-state index in [1.54, 1.807) is 28.9 Å². The molecular weight excluding hydrogens is 376 g/mol. The number of nitrogens with zero attached hydrogens (tertiary/aromatic N) is 3. The van der Waals surface area contributed by atoms with Gasteiger partial charge in [0.05, 0.1) is 6.61 Å². The normalized spacial score (nSPS) is 21.9. The quantitative estimate of drug-likeness (QED) is 0.745. The van der Waals surface area contributed by atoms with Crippen LogP contribution in [0.3, 0.4) is 0 Å². The molecule has 0 spiro atoms. The summed E-state index contributed by atoms with van der Waals surface area (Å²) in [6, 6.07) is 8.47. The maximum atomic E-state index is 13.1. The topological polar surface area (TPSA) is 99.3 Å². The number of hydrogen-bond donors (Lipinski definition) is 1. The zero-order valence-corrected chi connectivity index (χ0v) is 16.7. The van der Waals surface area contributed by atoms with Crippen molar-refractivity contribution < 1.29 is 23.9 Å². The van der Waals surface area contributed by atoms with Crippen molar-refractivity contribution in [3.8, 4) is 0 Å². The lowest BCUT2D eigenvalue weighted by Crippen LogP contribution is -2.53. The Morgan fingerprint density at radius 1 is 1.03 bits per heavy atom. The van der Waals surface area contributed by atoms with E-state index in [0.717, 1.165) is 4.90 Å². The molecule has 1 N–H and O–H groups in total. The van der Waals surface area contributed by atoms with Crippen molar-refractivity contribution in [2.45, 2.75) is 25.8 Å². The average molecular weight is 402 g/mol. The van der Waals surface area contributed by atoms with E-state index < -0.39 is 23.6 Å². The van der Waals surface area contributed by atoms with E-state index in [1.807, 2.05) is 25.1 Å². The summed E-state index contributed by atoms with van der Waals surface area (Å²) < 4.78 is 4.97. The minimum absolute atomic E-state index is 0.296. The molecule has 0 aliphatic carbocycles. The Morgan fingerprint density at radius 2 is 1.66 bits per heavy atom. The van der Waals surface area contributed by atoms with Crippen LogP contribution in [-0.4, -0.2) is 78.0 Å². The molecule has 2 heterocycles. The van der Waals surface area contributed by atoms with Gasteiger partial charge in [0.25, 0.3) is 5.91 Å². The molecule has 1 aromatic rings. The monoisotopic (exact) mass is 402 g/mol. The van der Waals surface area contributed by atoms with E-state index in [4.69, 9.17) is 4.74 Å². The second kappa shape index (κ2) is 8.50. The van der Waals surface area contributed by atoms with Crippen LogP contribution in [0.5, 0.6) is 0 Å². The number of piperazine rings is 1. The first-order chi connectivity index (χ1) is 13.9. The Hall–Kier alpha value is -3.10. The third-order valence-electron chi connectivity index (χ3n) is 5.42. The van der Waals surface area contributed by atoms with Gasteiger partial charge in [0.2, 0.25) is 5.91 Å². The summed E-state index contributed by atoms with van der Waals surface area (Å²) in [5.41, 5.74) is -0.458. The van der Waals surface area contributed by atoms with Crippen molar-refractivity contribution in [1.82, 2.24) is 20.0 Å². The summed E-state index contributed by atoms with van der Waals surface area (Å²) in [5, 5.41) is 2.77. The van der Waals surface area contributed by atoms with E-state index in [0.29, 0.717) is 44.8 Å². The standard InChI is InChI=1S/C20H26N4O5/c1-3-20(15-8-6-5-7-9-15)17(26)24(18(27)21-20)14-16(25)22-10-12-23(13-11-22)19(28)29-4-2/h5-9H,3-4,10-14H2,1-2H3,(H,21,27). The molecule has 2 fully saturated rings. The van der Waals surface area contributed by atoms with Crippen molar-refractivity contribution in [3.63, 3.8) is 0 Å². The molecule has 2 aliphatic rings. The molecule has 0 aromatic heterocycles. The maximum Gasteiger partial charge on any atom is 0.409 e. The number of nitrogens with one attached hydrogen (secondary N) is 1. The first-order valence-corrected chi connectivity index (χ1v) is 9.82. The van der Waals surface area contributed by atoms with E-state index >= 15 is 0 Å². The lowest BCUT2D eigenvalue weighted by molar-refractivity contribution is -0.140. The van der Waals surface area contributed by atoms with Crippen LogP contribution >= 0.6 is 0 Å². The molecule has 1 unspecified atom stereocenters. The van der Waals surface area contributed by atoms with Crippen molar-refractivity contribution in [2.75, 3.05) is 39.3 Å². The van der Waals surface area contributed by atoms with Crippen molar-refractivity contribution in [1.29, 1.82) is 0 Å². The molecule has 29 heavy (non-hydrogen) atoms. The number of hydrogen-bond acceptors (Lipinski definition) is 5. The molecule has 5 amide bonds. The van der Waals surface area contributed by atoms with E-state index in [9.17, 15) is 19.2 Å². The molecule has 156 valence electrons. The minimum atomic E-state index is -1.15. The van der Waals surface area contributed by atoms with E-state index in [-0.39, 0.29) is 12.5 Å². The molecule has 3 rings (SSSR count). The van der Waals surface area contributed by atoms with Gasteiger partial charge in [-0.2, -0.15) is 0 Å². The smallest absolute Gasteiger partial charge is 0.409 e. The van der Waals surface area contributed by atoms with Crippen LogP contribution in [0, 0.1) is 0 Å².